The predicted molar refractivity (Wildman–Crippen MR) is 72.8 cm³/mol. The zero-order chi connectivity index (χ0) is 14.2. The summed E-state index contributed by atoms with van der Waals surface area (Å²) in [6.45, 7) is 10.7. The number of halogens is 2. The van der Waals surface area contributed by atoms with Crippen molar-refractivity contribution in [1.82, 2.24) is 0 Å². The molecule has 0 aromatic heterocycles. The SMILES string of the molecule is CCC(CC)C[O][V][O]CC(CC)CC.ClOCl. The molecule has 6 heteroatoms. The second-order valence-corrected chi connectivity index (χ2v) is 5.60. The minimum atomic E-state index is -0.329. The molecule has 18 heavy (non-hydrogen) atoms. The van der Waals surface area contributed by atoms with E-state index in [1.807, 2.05) is 0 Å². The Labute approximate surface area is 130 Å². The minimum Gasteiger partial charge on any atom is -0.166 e. The molecular formula is C12H26Cl2O3V. The molecule has 0 unspecified atom stereocenters. The van der Waals surface area contributed by atoms with Gasteiger partial charge in [-0.05, 0) is 0 Å². The van der Waals surface area contributed by atoms with Crippen molar-refractivity contribution >= 4 is 23.7 Å². The Morgan fingerprint density at radius 2 is 1.06 bits per heavy atom. The molecule has 0 N–H and O–H groups in total. The van der Waals surface area contributed by atoms with E-state index >= 15 is 0 Å². The summed E-state index contributed by atoms with van der Waals surface area (Å²) in [6.07, 6.45) is 4.85. The summed E-state index contributed by atoms with van der Waals surface area (Å²) in [7, 11) is 0. The van der Waals surface area contributed by atoms with Crippen LogP contribution in [0, 0.1) is 11.8 Å². The smallest absolute Gasteiger partial charge is 0.0832 e. The summed E-state index contributed by atoms with van der Waals surface area (Å²) in [5, 5.41) is 0. The van der Waals surface area contributed by atoms with Crippen molar-refractivity contribution in [1.29, 1.82) is 0 Å². The number of hydrogen-bond donors (Lipinski definition) is 0. The van der Waals surface area contributed by atoms with Gasteiger partial charge >= 0.3 is 103 Å². The Kier molecular flexibility index (Phi) is 21.4. The molecule has 0 amide bonds. The Balaban J connectivity index is 0. The van der Waals surface area contributed by atoms with Gasteiger partial charge in [-0.15, -0.1) is 0 Å². The molecule has 0 spiro atoms. The van der Waals surface area contributed by atoms with E-state index in [0.717, 1.165) is 25.0 Å². The van der Waals surface area contributed by atoms with Gasteiger partial charge in [-0.2, -0.15) is 3.84 Å². The first kappa shape index (κ1) is 21.3. The molecule has 0 saturated carbocycles. The van der Waals surface area contributed by atoms with E-state index < -0.39 is 0 Å². The molecule has 3 nitrogen and oxygen atoms in total. The van der Waals surface area contributed by atoms with Gasteiger partial charge in [0.2, 0.25) is 0 Å². The molecule has 111 valence electrons. The molecule has 0 bridgehead atoms. The molecule has 0 atom stereocenters. The van der Waals surface area contributed by atoms with Gasteiger partial charge in [-0.1, -0.05) is 0 Å². The van der Waals surface area contributed by atoms with Crippen LogP contribution < -0.4 is 0 Å². The molecule has 0 aromatic rings. The molecule has 0 rings (SSSR count). The zero-order valence-corrected chi connectivity index (χ0v) is 14.7. The normalized spacial score (nSPS) is 10.4. The summed E-state index contributed by atoms with van der Waals surface area (Å²) < 4.78 is 14.4. The van der Waals surface area contributed by atoms with E-state index in [1.165, 1.54) is 25.7 Å². The maximum atomic E-state index is 5.59. The van der Waals surface area contributed by atoms with Gasteiger partial charge in [0.05, 0.1) is 23.7 Å². The first-order valence-corrected chi connectivity index (χ1v) is 8.29. The molecule has 0 saturated heterocycles. The van der Waals surface area contributed by atoms with Crippen molar-refractivity contribution in [2.24, 2.45) is 11.8 Å². The second kappa shape index (κ2) is 18.0. The predicted octanol–water partition coefficient (Wildman–Crippen LogP) is 5.12. The third-order valence-corrected chi connectivity index (χ3v) is 3.83. The van der Waals surface area contributed by atoms with Crippen LogP contribution in [0.4, 0.5) is 0 Å². The molecule has 0 aromatic carbocycles. The molecule has 0 aliphatic rings. The summed E-state index contributed by atoms with van der Waals surface area (Å²) in [5.41, 5.74) is 0. The van der Waals surface area contributed by atoms with Crippen LogP contribution >= 0.6 is 23.7 Å². The van der Waals surface area contributed by atoms with E-state index in [4.69, 9.17) is 7.32 Å². The third-order valence-electron chi connectivity index (χ3n) is 3.04. The summed E-state index contributed by atoms with van der Waals surface area (Å²) in [4.78, 5) is 0. The maximum Gasteiger partial charge on any atom is 0.0832 e. The molecule has 0 aliphatic carbocycles. The Hall–Kier alpha value is 1.04. The summed E-state index contributed by atoms with van der Waals surface area (Å²) >= 11 is 8.20. The van der Waals surface area contributed by atoms with E-state index in [-0.39, 0.29) is 17.0 Å². The molecule has 0 heterocycles. The first-order chi connectivity index (χ1) is 8.69. The quantitative estimate of drug-likeness (QED) is 0.517. The fourth-order valence-electron chi connectivity index (χ4n) is 1.36. The molecule has 0 radical (unpaired) electrons. The van der Waals surface area contributed by atoms with Gasteiger partial charge in [0.1, 0.15) is 0 Å². The van der Waals surface area contributed by atoms with Crippen LogP contribution in [0.3, 0.4) is 0 Å². The van der Waals surface area contributed by atoms with Crippen LogP contribution in [0.2, 0.25) is 0 Å². The van der Waals surface area contributed by atoms with Crippen molar-refractivity contribution in [2.75, 3.05) is 13.2 Å². The fourth-order valence-corrected chi connectivity index (χ4v) is 2.32. The first-order valence-electron chi connectivity index (χ1n) is 6.53. The van der Waals surface area contributed by atoms with E-state index in [2.05, 4.69) is 55.3 Å². The standard InChI is InChI=1S/2C6H13O.Cl2O.V/c2*1-3-6(4-2)5-7;1-3-2;/h2*6H,3-5H2,1-2H3;;/q2*-1;;+2. The molecule has 0 aliphatic heterocycles. The number of hydrogen-bond acceptors (Lipinski definition) is 3. The zero-order valence-electron chi connectivity index (χ0n) is 11.8. The Morgan fingerprint density at radius 1 is 0.778 bits per heavy atom. The Bertz CT molecular complexity index is 131. The monoisotopic (exact) mass is 339 g/mol. The largest absolute Gasteiger partial charge is 0.166 e. The molecular weight excluding hydrogens is 314 g/mol. The van der Waals surface area contributed by atoms with Crippen LogP contribution in [0.15, 0.2) is 0 Å². The van der Waals surface area contributed by atoms with Gasteiger partial charge in [-0.3, -0.25) is 0 Å². The van der Waals surface area contributed by atoms with Crippen LogP contribution in [0.5, 0.6) is 0 Å². The van der Waals surface area contributed by atoms with Crippen molar-refractivity contribution in [2.45, 2.75) is 53.4 Å². The van der Waals surface area contributed by atoms with Crippen LogP contribution in [-0.2, 0) is 28.2 Å². The van der Waals surface area contributed by atoms with Crippen molar-refractivity contribution in [3.63, 3.8) is 0 Å². The summed E-state index contributed by atoms with van der Waals surface area (Å²) in [6, 6.07) is 0. The second-order valence-electron chi connectivity index (χ2n) is 4.09. The minimum absolute atomic E-state index is 0.329. The topological polar surface area (TPSA) is 27.7 Å². The van der Waals surface area contributed by atoms with Gasteiger partial charge < -0.3 is 0 Å². The van der Waals surface area contributed by atoms with Crippen LogP contribution in [-0.4, -0.2) is 13.2 Å². The van der Waals surface area contributed by atoms with Gasteiger partial charge in [0.15, 0.2) is 0 Å². The van der Waals surface area contributed by atoms with Gasteiger partial charge in [-0.25, -0.2) is 0 Å². The maximum absolute atomic E-state index is 5.59. The van der Waals surface area contributed by atoms with Gasteiger partial charge in [0.25, 0.3) is 0 Å². The molecule has 0 fully saturated rings. The van der Waals surface area contributed by atoms with Crippen molar-refractivity contribution in [3.05, 3.63) is 0 Å². The van der Waals surface area contributed by atoms with Crippen molar-refractivity contribution < 1.29 is 28.2 Å². The van der Waals surface area contributed by atoms with E-state index in [0.29, 0.717) is 0 Å². The average Bonchev–Trinajstić information content (AvgIpc) is 2.39. The summed E-state index contributed by atoms with van der Waals surface area (Å²) in [5.74, 6) is 1.44. The van der Waals surface area contributed by atoms with E-state index in [1.54, 1.807) is 0 Å². The van der Waals surface area contributed by atoms with E-state index in [9.17, 15) is 0 Å². The third kappa shape index (κ3) is 15.1. The number of rotatable bonds is 10. The van der Waals surface area contributed by atoms with Crippen molar-refractivity contribution in [3.8, 4) is 0 Å². The Morgan fingerprint density at radius 3 is 1.28 bits per heavy atom. The van der Waals surface area contributed by atoms with Gasteiger partial charge in [0, 0.05) is 0 Å². The average molecular weight is 340 g/mol. The van der Waals surface area contributed by atoms with Crippen LogP contribution in [0.1, 0.15) is 53.4 Å². The van der Waals surface area contributed by atoms with Crippen LogP contribution in [0.25, 0.3) is 0 Å². The fraction of sp³-hybridized carbons (Fsp3) is 1.00.